The molecule has 0 spiro atoms. The molecule has 1 nitrogen and oxygen atoms in total. The highest BCUT2D eigenvalue weighted by Gasteiger charge is 2.43. The summed E-state index contributed by atoms with van der Waals surface area (Å²) < 4.78 is 0. The average molecular weight is 320 g/mol. The summed E-state index contributed by atoms with van der Waals surface area (Å²) >= 11 is 12.6. The van der Waals surface area contributed by atoms with Crippen molar-refractivity contribution >= 4 is 23.2 Å². The van der Waals surface area contributed by atoms with Crippen LogP contribution in [-0.4, -0.2) is 13.1 Å². The average Bonchev–Trinajstić information content (AvgIpc) is 3.28. The van der Waals surface area contributed by atoms with Crippen LogP contribution in [-0.2, 0) is 6.42 Å². The number of nitrogens with one attached hydrogen (secondary N) is 1. The molecule has 3 rings (SSSR count). The van der Waals surface area contributed by atoms with Gasteiger partial charge >= 0.3 is 0 Å². The summed E-state index contributed by atoms with van der Waals surface area (Å²) in [4.78, 5) is 0. The number of hydrogen-bond donors (Lipinski definition) is 1. The zero-order valence-electron chi connectivity index (χ0n) is 12.0. The van der Waals surface area contributed by atoms with E-state index in [1.807, 2.05) is 25.2 Å². The fraction of sp³-hybridized carbons (Fsp3) is 0.333. The van der Waals surface area contributed by atoms with Crippen molar-refractivity contribution in [2.24, 2.45) is 5.92 Å². The van der Waals surface area contributed by atoms with Crippen LogP contribution in [0.25, 0.3) is 0 Å². The van der Waals surface area contributed by atoms with E-state index in [1.165, 1.54) is 12.0 Å². The van der Waals surface area contributed by atoms with Crippen molar-refractivity contribution in [3.63, 3.8) is 0 Å². The van der Waals surface area contributed by atoms with Crippen LogP contribution in [0.1, 0.15) is 23.5 Å². The number of halogens is 2. The van der Waals surface area contributed by atoms with E-state index in [0.29, 0.717) is 17.9 Å². The minimum Gasteiger partial charge on any atom is -0.316 e. The van der Waals surface area contributed by atoms with Crippen molar-refractivity contribution in [3.05, 3.63) is 69.7 Å². The molecule has 21 heavy (non-hydrogen) atoms. The molecule has 3 atom stereocenters. The van der Waals surface area contributed by atoms with Crippen LogP contribution < -0.4 is 5.32 Å². The van der Waals surface area contributed by atoms with Crippen LogP contribution in [0.3, 0.4) is 0 Å². The number of benzene rings is 2. The van der Waals surface area contributed by atoms with Crippen molar-refractivity contribution < 1.29 is 0 Å². The van der Waals surface area contributed by atoms with E-state index in [2.05, 4.69) is 35.6 Å². The van der Waals surface area contributed by atoms with E-state index in [0.717, 1.165) is 22.0 Å². The Morgan fingerprint density at radius 1 is 1.05 bits per heavy atom. The summed E-state index contributed by atoms with van der Waals surface area (Å²) in [5.41, 5.74) is 2.49. The van der Waals surface area contributed by atoms with E-state index < -0.39 is 0 Å². The fourth-order valence-corrected chi connectivity index (χ4v) is 3.71. The van der Waals surface area contributed by atoms with Gasteiger partial charge in [-0.25, -0.2) is 0 Å². The minimum atomic E-state index is 0.410. The summed E-state index contributed by atoms with van der Waals surface area (Å²) in [5.74, 6) is 1.31. The second-order valence-electron chi connectivity index (χ2n) is 5.72. The van der Waals surface area contributed by atoms with Crippen molar-refractivity contribution in [2.45, 2.75) is 24.8 Å². The van der Waals surface area contributed by atoms with Crippen LogP contribution in [0, 0.1) is 5.92 Å². The molecule has 110 valence electrons. The first-order chi connectivity index (χ1) is 10.2. The van der Waals surface area contributed by atoms with Crippen molar-refractivity contribution in [3.8, 4) is 0 Å². The van der Waals surface area contributed by atoms with Gasteiger partial charge in [0.05, 0.1) is 0 Å². The van der Waals surface area contributed by atoms with Gasteiger partial charge in [0.25, 0.3) is 0 Å². The normalized spacial score (nSPS) is 22.0. The van der Waals surface area contributed by atoms with E-state index in [4.69, 9.17) is 23.2 Å². The van der Waals surface area contributed by atoms with E-state index in [9.17, 15) is 0 Å². The Balaban J connectivity index is 1.73. The third-order valence-electron chi connectivity index (χ3n) is 4.44. The monoisotopic (exact) mass is 319 g/mol. The molecule has 0 bridgehead atoms. The Bertz CT molecular complexity index is 592. The lowest BCUT2D eigenvalue weighted by atomic mass is 9.99. The van der Waals surface area contributed by atoms with Crippen LogP contribution in [0.4, 0.5) is 0 Å². The molecule has 3 unspecified atom stereocenters. The molecular formula is C18H19Cl2N. The summed E-state index contributed by atoms with van der Waals surface area (Å²) in [6, 6.07) is 16.9. The van der Waals surface area contributed by atoms with E-state index in [-0.39, 0.29) is 0 Å². The number of likely N-dealkylation sites (N-methyl/N-ethyl adjacent to an activating group) is 1. The molecule has 0 saturated heterocycles. The van der Waals surface area contributed by atoms with Gasteiger partial charge in [0, 0.05) is 16.1 Å². The molecular weight excluding hydrogens is 301 g/mol. The van der Waals surface area contributed by atoms with Crippen LogP contribution in [0.5, 0.6) is 0 Å². The van der Waals surface area contributed by atoms with E-state index in [1.54, 1.807) is 0 Å². The lowest BCUT2D eigenvalue weighted by Gasteiger charge is -2.18. The first-order valence-electron chi connectivity index (χ1n) is 7.35. The highest BCUT2D eigenvalue weighted by atomic mass is 35.5. The standard InChI is InChI=1S/C18H19Cl2N/c1-21-18(11-15-16(19)8-5-9-17(15)20)14-10-13(14)12-6-3-2-4-7-12/h2-9,13-14,18,21H,10-11H2,1H3. The molecule has 3 heteroatoms. The van der Waals surface area contributed by atoms with Gasteiger partial charge < -0.3 is 5.32 Å². The van der Waals surface area contributed by atoms with Crippen molar-refractivity contribution in [1.82, 2.24) is 5.32 Å². The molecule has 0 heterocycles. The second-order valence-corrected chi connectivity index (χ2v) is 6.53. The number of rotatable bonds is 5. The maximum atomic E-state index is 6.30. The van der Waals surface area contributed by atoms with Gasteiger partial charge in [-0.3, -0.25) is 0 Å². The van der Waals surface area contributed by atoms with Crippen LogP contribution >= 0.6 is 23.2 Å². The third-order valence-corrected chi connectivity index (χ3v) is 5.15. The van der Waals surface area contributed by atoms with Gasteiger partial charge in [0.1, 0.15) is 0 Å². The maximum Gasteiger partial charge on any atom is 0.0453 e. The molecule has 1 saturated carbocycles. The first-order valence-corrected chi connectivity index (χ1v) is 8.11. The Morgan fingerprint density at radius 2 is 1.71 bits per heavy atom. The van der Waals surface area contributed by atoms with Crippen molar-refractivity contribution in [1.29, 1.82) is 0 Å². The number of hydrogen-bond acceptors (Lipinski definition) is 1. The second kappa shape index (κ2) is 6.39. The first kappa shape index (κ1) is 14.9. The minimum absolute atomic E-state index is 0.410. The Kier molecular flexibility index (Phi) is 4.54. The Hall–Kier alpha value is -1.02. The lowest BCUT2D eigenvalue weighted by molar-refractivity contribution is 0.491. The summed E-state index contributed by atoms with van der Waals surface area (Å²) in [7, 11) is 2.02. The van der Waals surface area contributed by atoms with Gasteiger partial charge in [0.2, 0.25) is 0 Å². The molecule has 1 aliphatic rings. The Morgan fingerprint density at radius 3 is 2.33 bits per heavy atom. The smallest absolute Gasteiger partial charge is 0.0453 e. The van der Waals surface area contributed by atoms with Gasteiger partial charge in [-0.05, 0) is 55.0 Å². The van der Waals surface area contributed by atoms with Crippen LogP contribution in [0.15, 0.2) is 48.5 Å². The quantitative estimate of drug-likeness (QED) is 0.824. The van der Waals surface area contributed by atoms with Gasteiger partial charge in [-0.15, -0.1) is 0 Å². The molecule has 0 radical (unpaired) electrons. The molecule has 0 aliphatic heterocycles. The molecule has 1 aliphatic carbocycles. The summed E-state index contributed by atoms with van der Waals surface area (Å²) in [5, 5.41) is 4.98. The van der Waals surface area contributed by atoms with Crippen LogP contribution in [0.2, 0.25) is 10.0 Å². The molecule has 0 amide bonds. The summed E-state index contributed by atoms with van der Waals surface area (Å²) in [6.45, 7) is 0. The molecule has 1 N–H and O–H groups in total. The molecule has 2 aromatic carbocycles. The SMILES string of the molecule is CNC(Cc1c(Cl)cccc1Cl)C1CC1c1ccccc1. The van der Waals surface area contributed by atoms with Gasteiger partial charge in [-0.2, -0.15) is 0 Å². The zero-order chi connectivity index (χ0) is 14.8. The summed E-state index contributed by atoms with van der Waals surface area (Å²) in [6.07, 6.45) is 2.11. The largest absolute Gasteiger partial charge is 0.316 e. The molecule has 0 aromatic heterocycles. The predicted octanol–water partition coefficient (Wildman–Crippen LogP) is 4.93. The highest BCUT2D eigenvalue weighted by molar-refractivity contribution is 6.36. The van der Waals surface area contributed by atoms with Crippen molar-refractivity contribution in [2.75, 3.05) is 7.05 Å². The third kappa shape index (κ3) is 3.26. The van der Waals surface area contributed by atoms with Gasteiger partial charge in [0.15, 0.2) is 0 Å². The lowest BCUT2D eigenvalue weighted by Crippen LogP contribution is -2.30. The van der Waals surface area contributed by atoms with Gasteiger partial charge in [-0.1, -0.05) is 59.6 Å². The highest BCUT2D eigenvalue weighted by Crippen LogP contribution is 2.50. The van der Waals surface area contributed by atoms with E-state index >= 15 is 0 Å². The zero-order valence-corrected chi connectivity index (χ0v) is 13.5. The maximum absolute atomic E-state index is 6.30. The molecule has 2 aromatic rings. The molecule has 1 fully saturated rings. The fourth-order valence-electron chi connectivity index (χ4n) is 3.16. The predicted molar refractivity (Wildman–Crippen MR) is 90.3 cm³/mol. The topological polar surface area (TPSA) is 12.0 Å². The Labute approximate surface area is 136 Å².